The van der Waals surface area contributed by atoms with Gasteiger partial charge in [0.2, 0.25) is 0 Å². The number of hydrogen-bond acceptors (Lipinski definition) is 4. The molecule has 3 rings (SSSR count). The molecule has 0 radical (unpaired) electrons. The Hall–Kier alpha value is -1.40. The highest BCUT2D eigenvalue weighted by molar-refractivity contribution is 6.33. The maximum atomic E-state index is 12.4. The van der Waals surface area contributed by atoms with Crippen LogP contribution in [0.25, 0.3) is 0 Å². The minimum absolute atomic E-state index is 0. The molecular weight excluding hydrogens is 373 g/mol. The van der Waals surface area contributed by atoms with Crippen molar-refractivity contribution in [2.24, 2.45) is 5.73 Å². The Morgan fingerprint density at radius 3 is 2.42 bits per heavy atom. The molecule has 1 amide bonds. The molecule has 2 heterocycles. The number of hydrogen-bond donors (Lipinski definition) is 1. The van der Waals surface area contributed by atoms with Crippen LogP contribution in [0.15, 0.2) is 41.0 Å². The van der Waals surface area contributed by atoms with Crippen molar-refractivity contribution in [1.29, 1.82) is 0 Å². The number of carbonyl (C=O) groups excluding carboxylic acids is 1. The summed E-state index contributed by atoms with van der Waals surface area (Å²) in [6.45, 7) is 3.14. The lowest BCUT2D eigenvalue weighted by Gasteiger charge is -2.36. The van der Waals surface area contributed by atoms with Crippen molar-refractivity contribution in [3.05, 3.63) is 52.9 Å². The van der Waals surface area contributed by atoms with Crippen LogP contribution in [0.2, 0.25) is 5.02 Å². The average molecular weight is 393 g/mol. The molecule has 0 atom stereocenters. The number of nitrogens with two attached hydrogens (primary N) is 1. The molecule has 1 aromatic heterocycles. The van der Waals surface area contributed by atoms with Gasteiger partial charge in [0, 0.05) is 26.2 Å². The Morgan fingerprint density at radius 1 is 1.17 bits per heavy atom. The van der Waals surface area contributed by atoms with Gasteiger partial charge >= 0.3 is 0 Å². The molecule has 1 aromatic carbocycles. The van der Waals surface area contributed by atoms with Crippen LogP contribution < -0.4 is 10.6 Å². The number of benzene rings is 1. The van der Waals surface area contributed by atoms with Gasteiger partial charge in [-0.15, -0.1) is 24.8 Å². The molecular formula is C16H20Cl3N3O2. The molecule has 0 bridgehead atoms. The largest absolute Gasteiger partial charge is 0.467 e. The number of amides is 1. The number of nitrogens with zero attached hydrogens (tertiary/aromatic N) is 2. The second-order valence-electron chi connectivity index (χ2n) is 5.24. The lowest BCUT2D eigenvalue weighted by molar-refractivity contribution is 0.0746. The van der Waals surface area contributed by atoms with Gasteiger partial charge in [0.05, 0.1) is 22.8 Å². The Bertz CT molecular complexity index is 670. The number of rotatable bonds is 3. The molecule has 1 aliphatic heterocycles. The number of para-hydroxylation sites is 1. The summed E-state index contributed by atoms with van der Waals surface area (Å²) in [5.41, 5.74) is 7.08. The normalized spacial score (nSPS) is 13.9. The van der Waals surface area contributed by atoms with E-state index in [4.69, 9.17) is 21.8 Å². The van der Waals surface area contributed by atoms with Crippen molar-refractivity contribution in [3.63, 3.8) is 0 Å². The molecule has 24 heavy (non-hydrogen) atoms. The third-order valence-corrected chi connectivity index (χ3v) is 4.18. The standard InChI is InChI=1S/C16H18ClN3O2.2ClH/c17-14-3-1-2-4-15(14)19-5-7-20(8-6-19)16(21)12-9-13(10-18)22-11-12;;/h1-4,9,11H,5-8,10,18H2;2*1H. The van der Waals surface area contributed by atoms with E-state index in [1.165, 1.54) is 6.26 Å². The predicted molar refractivity (Wildman–Crippen MR) is 101 cm³/mol. The fourth-order valence-electron chi connectivity index (χ4n) is 2.64. The maximum absolute atomic E-state index is 12.4. The van der Waals surface area contributed by atoms with E-state index in [0.717, 1.165) is 23.8 Å². The lowest BCUT2D eigenvalue weighted by Crippen LogP contribution is -2.48. The van der Waals surface area contributed by atoms with Crippen molar-refractivity contribution in [1.82, 2.24) is 4.90 Å². The zero-order valence-corrected chi connectivity index (χ0v) is 15.4. The fraction of sp³-hybridized carbons (Fsp3) is 0.312. The first-order chi connectivity index (χ1) is 10.7. The predicted octanol–water partition coefficient (Wildman–Crippen LogP) is 3.20. The summed E-state index contributed by atoms with van der Waals surface area (Å²) in [5.74, 6) is 0.611. The number of halogens is 3. The second-order valence-corrected chi connectivity index (χ2v) is 5.64. The third kappa shape index (κ3) is 4.36. The molecule has 0 spiro atoms. The lowest BCUT2D eigenvalue weighted by atomic mass is 10.2. The summed E-state index contributed by atoms with van der Waals surface area (Å²) in [4.78, 5) is 16.5. The van der Waals surface area contributed by atoms with Gasteiger partial charge in [-0.2, -0.15) is 0 Å². The van der Waals surface area contributed by atoms with Crippen molar-refractivity contribution >= 4 is 48.0 Å². The zero-order chi connectivity index (χ0) is 15.5. The van der Waals surface area contributed by atoms with Crippen LogP contribution in [-0.2, 0) is 6.54 Å². The smallest absolute Gasteiger partial charge is 0.257 e. The molecule has 0 saturated carbocycles. The van der Waals surface area contributed by atoms with Crippen LogP contribution in [0.4, 0.5) is 5.69 Å². The van der Waals surface area contributed by atoms with Gasteiger partial charge in [-0.1, -0.05) is 23.7 Å². The van der Waals surface area contributed by atoms with E-state index in [1.54, 1.807) is 6.07 Å². The zero-order valence-electron chi connectivity index (χ0n) is 13.0. The van der Waals surface area contributed by atoms with Gasteiger partial charge in [-0.25, -0.2) is 0 Å². The highest BCUT2D eigenvalue weighted by atomic mass is 35.5. The summed E-state index contributed by atoms with van der Waals surface area (Å²) in [5, 5.41) is 0.740. The first-order valence-corrected chi connectivity index (χ1v) is 7.63. The molecule has 0 unspecified atom stereocenters. The Kier molecular flexibility index (Phi) is 7.90. The quantitative estimate of drug-likeness (QED) is 0.871. The van der Waals surface area contributed by atoms with Gasteiger partial charge in [-0.3, -0.25) is 4.79 Å². The van der Waals surface area contributed by atoms with Crippen LogP contribution in [0.1, 0.15) is 16.1 Å². The van der Waals surface area contributed by atoms with E-state index in [1.807, 2.05) is 29.2 Å². The number of piperazine rings is 1. The van der Waals surface area contributed by atoms with Gasteiger partial charge in [-0.05, 0) is 18.2 Å². The summed E-state index contributed by atoms with van der Waals surface area (Å²) in [6, 6.07) is 9.48. The molecule has 8 heteroatoms. The van der Waals surface area contributed by atoms with Crippen LogP contribution in [0, 0.1) is 0 Å². The van der Waals surface area contributed by atoms with E-state index in [0.29, 0.717) is 31.0 Å². The Balaban J connectivity index is 0.00000144. The summed E-state index contributed by atoms with van der Waals surface area (Å²) in [6.07, 6.45) is 1.48. The second kappa shape index (κ2) is 9.18. The molecule has 132 valence electrons. The monoisotopic (exact) mass is 391 g/mol. The summed E-state index contributed by atoms with van der Waals surface area (Å²) < 4.78 is 5.23. The minimum atomic E-state index is -0.0118. The van der Waals surface area contributed by atoms with Crippen LogP contribution >= 0.6 is 36.4 Å². The third-order valence-electron chi connectivity index (χ3n) is 3.86. The van der Waals surface area contributed by atoms with Gasteiger partial charge < -0.3 is 20.0 Å². The molecule has 1 aliphatic rings. The molecule has 1 fully saturated rings. The van der Waals surface area contributed by atoms with Crippen molar-refractivity contribution < 1.29 is 9.21 Å². The van der Waals surface area contributed by atoms with Crippen LogP contribution in [0.3, 0.4) is 0 Å². The maximum Gasteiger partial charge on any atom is 0.257 e. The first-order valence-electron chi connectivity index (χ1n) is 7.25. The van der Waals surface area contributed by atoms with Crippen molar-refractivity contribution in [2.45, 2.75) is 6.54 Å². The van der Waals surface area contributed by atoms with Crippen molar-refractivity contribution in [3.8, 4) is 0 Å². The highest BCUT2D eigenvalue weighted by Crippen LogP contribution is 2.26. The number of carbonyl (C=O) groups is 1. The molecule has 2 N–H and O–H groups in total. The van der Waals surface area contributed by atoms with Gasteiger partial charge in [0.15, 0.2) is 0 Å². The van der Waals surface area contributed by atoms with E-state index >= 15 is 0 Å². The van der Waals surface area contributed by atoms with E-state index in [-0.39, 0.29) is 30.7 Å². The Morgan fingerprint density at radius 2 is 1.83 bits per heavy atom. The van der Waals surface area contributed by atoms with Gasteiger partial charge in [0.25, 0.3) is 5.91 Å². The Labute approximate surface area is 158 Å². The van der Waals surface area contributed by atoms with Crippen LogP contribution in [0.5, 0.6) is 0 Å². The van der Waals surface area contributed by atoms with Crippen molar-refractivity contribution in [2.75, 3.05) is 31.1 Å². The van der Waals surface area contributed by atoms with E-state index in [9.17, 15) is 4.79 Å². The molecule has 1 saturated heterocycles. The summed E-state index contributed by atoms with van der Waals surface area (Å²) >= 11 is 6.22. The number of furan rings is 1. The molecule has 0 aliphatic carbocycles. The van der Waals surface area contributed by atoms with E-state index in [2.05, 4.69) is 4.90 Å². The average Bonchev–Trinajstić information content (AvgIpc) is 3.04. The number of anilines is 1. The minimum Gasteiger partial charge on any atom is -0.467 e. The fourth-order valence-corrected chi connectivity index (χ4v) is 2.90. The highest BCUT2D eigenvalue weighted by Gasteiger charge is 2.24. The van der Waals surface area contributed by atoms with Gasteiger partial charge in [0.1, 0.15) is 12.0 Å². The topological polar surface area (TPSA) is 62.7 Å². The molecule has 5 nitrogen and oxygen atoms in total. The SMILES string of the molecule is Cl.Cl.NCc1cc(C(=O)N2CCN(c3ccccc3Cl)CC2)co1. The summed E-state index contributed by atoms with van der Waals surface area (Å²) in [7, 11) is 0. The van der Waals surface area contributed by atoms with Crippen LogP contribution in [-0.4, -0.2) is 37.0 Å². The molecule has 2 aromatic rings. The van der Waals surface area contributed by atoms with E-state index < -0.39 is 0 Å². The first kappa shape index (κ1) is 20.6.